The van der Waals surface area contributed by atoms with E-state index in [1.54, 1.807) is 13.0 Å². The van der Waals surface area contributed by atoms with Gasteiger partial charge in [0.25, 0.3) is 0 Å². The summed E-state index contributed by atoms with van der Waals surface area (Å²) in [7, 11) is 0. The minimum atomic E-state index is 0.208. The van der Waals surface area contributed by atoms with Crippen molar-refractivity contribution < 1.29 is 4.79 Å². The Bertz CT molecular complexity index is 266. The Hall–Kier alpha value is -1.36. The van der Waals surface area contributed by atoms with Crippen molar-refractivity contribution in [1.29, 1.82) is 5.41 Å². The molecule has 0 saturated heterocycles. The van der Waals surface area contributed by atoms with E-state index in [0.717, 1.165) is 18.4 Å². The Morgan fingerprint density at radius 1 is 1.54 bits per heavy atom. The quantitative estimate of drug-likeness (QED) is 0.399. The SMILES string of the molecule is C/C=C(/C#CCCCC(C)=O)C=N. The van der Waals surface area contributed by atoms with Crippen LogP contribution in [-0.2, 0) is 4.79 Å². The number of nitrogens with one attached hydrogen (secondary N) is 1. The second-order valence-corrected chi connectivity index (χ2v) is 2.75. The van der Waals surface area contributed by atoms with Gasteiger partial charge in [-0.15, -0.1) is 0 Å². The van der Waals surface area contributed by atoms with Crippen LogP contribution in [0.15, 0.2) is 11.6 Å². The number of hydrogen-bond acceptors (Lipinski definition) is 2. The monoisotopic (exact) mass is 177 g/mol. The van der Waals surface area contributed by atoms with Gasteiger partial charge in [0, 0.05) is 24.6 Å². The average molecular weight is 177 g/mol. The summed E-state index contributed by atoms with van der Waals surface area (Å²) < 4.78 is 0. The molecule has 0 amide bonds. The maximum atomic E-state index is 10.6. The third-order valence-electron chi connectivity index (χ3n) is 1.53. The van der Waals surface area contributed by atoms with E-state index in [0.29, 0.717) is 6.42 Å². The molecule has 0 fully saturated rings. The summed E-state index contributed by atoms with van der Waals surface area (Å²) in [5.41, 5.74) is 0.725. The van der Waals surface area contributed by atoms with Crippen molar-refractivity contribution in [2.75, 3.05) is 0 Å². The van der Waals surface area contributed by atoms with E-state index in [1.165, 1.54) is 6.21 Å². The van der Waals surface area contributed by atoms with Crippen LogP contribution in [0.3, 0.4) is 0 Å². The van der Waals surface area contributed by atoms with Gasteiger partial charge < -0.3 is 10.2 Å². The predicted octanol–water partition coefficient (Wildman–Crippen LogP) is 2.34. The van der Waals surface area contributed by atoms with E-state index in [4.69, 9.17) is 5.41 Å². The highest BCUT2D eigenvalue weighted by atomic mass is 16.1. The van der Waals surface area contributed by atoms with Crippen LogP contribution in [0.25, 0.3) is 0 Å². The van der Waals surface area contributed by atoms with Crippen molar-refractivity contribution in [3.05, 3.63) is 11.6 Å². The van der Waals surface area contributed by atoms with Gasteiger partial charge in [-0.3, -0.25) is 0 Å². The van der Waals surface area contributed by atoms with Gasteiger partial charge in [-0.1, -0.05) is 17.9 Å². The number of hydrogen-bond donors (Lipinski definition) is 1. The number of carbonyl (C=O) groups is 1. The molecular formula is C11H15NO. The van der Waals surface area contributed by atoms with Gasteiger partial charge in [-0.05, 0) is 20.3 Å². The molecule has 0 radical (unpaired) electrons. The smallest absolute Gasteiger partial charge is 0.129 e. The standard InChI is InChI=1S/C11H15NO/c1-3-11(9-12)8-6-4-5-7-10(2)13/h3,9,12H,4-5,7H2,1-2H3/b11-3-,12-9?. The van der Waals surface area contributed by atoms with Crippen LogP contribution in [0, 0.1) is 17.3 Å². The second-order valence-electron chi connectivity index (χ2n) is 2.75. The zero-order valence-electron chi connectivity index (χ0n) is 8.18. The molecule has 0 bridgehead atoms. The van der Waals surface area contributed by atoms with E-state index < -0.39 is 0 Å². The van der Waals surface area contributed by atoms with Gasteiger partial charge in [0.15, 0.2) is 0 Å². The second kappa shape index (κ2) is 7.30. The third kappa shape index (κ3) is 7.02. The molecule has 2 nitrogen and oxygen atoms in total. The first-order valence-corrected chi connectivity index (χ1v) is 4.35. The fourth-order valence-corrected chi connectivity index (χ4v) is 0.782. The lowest BCUT2D eigenvalue weighted by Gasteiger charge is -1.88. The Morgan fingerprint density at radius 2 is 2.23 bits per heavy atom. The van der Waals surface area contributed by atoms with E-state index >= 15 is 0 Å². The minimum absolute atomic E-state index is 0.208. The Kier molecular flexibility index (Phi) is 6.53. The van der Waals surface area contributed by atoms with Gasteiger partial charge in [-0.25, -0.2) is 0 Å². The van der Waals surface area contributed by atoms with Crippen molar-refractivity contribution in [2.45, 2.75) is 33.1 Å². The van der Waals surface area contributed by atoms with Crippen LogP contribution in [0.2, 0.25) is 0 Å². The molecule has 0 aromatic heterocycles. The molecule has 0 aliphatic heterocycles. The van der Waals surface area contributed by atoms with Crippen LogP contribution >= 0.6 is 0 Å². The lowest BCUT2D eigenvalue weighted by Crippen LogP contribution is -1.87. The zero-order valence-corrected chi connectivity index (χ0v) is 8.18. The van der Waals surface area contributed by atoms with E-state index in [-0.39, 0.29) is 5.78 Å². The number of Topliss-reactive ketones (excluding diaryl/α,β-unsaturated/α-hetero) is 1. The summed E-state index contributed by atoms with van der Waals surface area (Å²) in [6, 6.07) is 0. The maximum Gasteiger partial charge on any atom is 0.129 e. The van der Waals surface area contributed by atoms with Crippen LogP contribution in [-0.4, -0.2) is 12.0 Å². The highest BCUT2D eigenvalue weighted by Gasteiger charge is 1.90. The maximum absolute atomic E-state index is 10.6. The van der Waals surface area contributed by atoms with Crippen molar-refractivity contribution in [2.24, 2.45) is 0 Å². The summed E-state index contributed by atoms with van der Waals surface area (Å²) in [5.74, 6) is 5.98. The highest BCUT2D eigenvalue weighted by molar-refractivity contribution is 5.82. The molecule has 0 spiro atoms. The molecule has 70 valence electrons. The molecule has 0 rings (SSSR count). The van der Waals surface area contributed by atoms with Crippen molar-refractivity contribution in [1.82, 2.24) is 0 Å². The lowest BCUT2D eigenvalue weighted by atomic mass is 10.2. The van der Waals surface area contributed by atoms with Crippen molar-refractivity contribution >= 4 is 12.0 Å². The predicted molar refractivity (Wildman–Crippen MR) is 54.8 cm³/mol. The number of ketones is 1. The van der Waals surface area contributed by atoms with E-state index in [1.807, 2.05) is 6.92 Å². The molecule has 0 atom stereocenters. The molecule has 13 heavy (non-hydrogen) atoms. The molecule has 2 heteroatoms. The number of unbranched alkanes of at least 4 members (excludes halogenated alkanes) is 1. The first kappa shape index (κ1) is 11.6. The molecule has 0 aliphatic carbocycles. The van der Waals surface area contributed by atoms with Gasteiger partial charge in [-0.2, -0.15) is 0 Å². The summed E-state index contributed by atoms with van der Waals surface area (Å²) in [6.07, 6.45) is 5.18. The van der Waals surface area contributed by atoms with Crippen molar-refractivity contribution in [3.63, 3.8) is 0 Å². The fraction of sp³-hybridized carbons (Fsp3) is 0.455. The fourth-order valence-electron chi connectivity index (χ4n) is 0.782. The summed E-state index contributed by atoms with van der Waals surface area (Å²) in [4.78, 5) is 10.6. The van der Waals surface area contributed by atoms with E-state index in [2.05, 4.69) is 11.8 Å². The first-order chi connectivity index (χ1) is 6.20. The lowest BCUT2D eigenvalue weighted by molar-refractivity contribution is -0.117. The molecule has 0 saturated carbocycles. The summed E-state index contributed by atoms with van der Waals surface area (Å²) >= 11 is 0. The molecule has 0 heterocycles. The van der Waals surface area contributed by atoms with Gasteiger partial charge in [0.05, 0.1) is 0 Å². The third-order valence-corrected chi connectivity index (χ3v) is 1.53. The average Bonchev–Trinajstić information content (AvgIpc) is 2.11. The number of rotatable bonds is 4. The van der Waals surface area contributed by atoms with Crippen LogP contribution in [0.4, 0.5) is 0 Å². The highest BCUT2D eigenvalue weighted by Crippen LogP contribution is 1.95. The topological polar surface area (TPSA) is 40.9 Å². The molecule has 1 N–H and O–H groups in total. The molecule has 0 aromatic rings. The summed E-state index contributed by atoms with van der Waals surface area (Å²) in [5, 5.41) is 6.96. The Labute approximate surface area is 79.5 Å². The molecule has 0 unspecified atom stereocenters. The summed E-state index contributed by atoms with van der Waals surface area (Å²) in [6.45, 7) is 3.44. The zero-order chi connectivity index (χ0) is 10.1. The normalized spacial score (nSPS) is 10.2. The van der Waals surface area contributed by atoms with Crippen molar-refractivity contribution in [3.8, 4) is 11.8 Å². The van der Waals surface area contributed by atoms with Gasteiger partial charge >= 0.3 is 0 Å². The Balaban J connectivity index is 3.73. The first-order valence-electron chi connectivity index (χ1n) is 4.35. The van der Waals surface area contributed by atoms with E-state index in [9.17, 15) is 4.79 Å². The largest absolute Gasteiger partial charge is 0.307 e. The minimum Gasteiger partial charge on any atom is -0.307 e. The van der Waals surface area contributed by atoms with Crippen LogP contribution < -0.4 is 0 Å². The van der Waals surface area contributed by atoms with Gasteiger partial charge in [0.1, 0.15) is 5.78 Å². The van der Waals surface area contributed by atoms with Crippen LogP contribution in [0.1, 0.15) is 33.1 Å². The number of carbonyl (C=O) groups excluding carboxylic acids is 1. The Morgan fingerprint density at radius 3 is 2.69 bits per heavy atom. The molecular weight excluding hydrogens is 162 g/mol. The molecule has 0 aromatic carbocycles. The van der Waals surface area contributed by atoms with Crippen LogP contribution in [0.5, 0.6) is 0 Å². The van der Waals surface area contributed by atoms with Gasteiger partial charge in [0.2, 0.25) is 0 Å². The number of allylic oxidation sites excluding steroid dienone is 2. The molecule has 0 aliphatic rings.